The van der Waals surface area contributed by atoms with Gasteiger partial charge in [0.1, 0.15) is 0 Å². The summed E-state index contributed by atoms with van der Waals surface area (Å²) in [5.74, 6) is 0. The summed E-state index contributed by atoms with van der Waals surface area (Å²) < 4.78 is 22.7. The molecule has 2 N–H and O–H groups in total. The third-order valence-electron chi connectivity index (χ3n) is 3.00. The van der Waals surface area contributed by atoms with Crippen molar-refractivity contribution in [2.45, 2.75) is 24.5 Å². The van der Waals surface area contributed by atoms with Crippen LogP contribution in [0.1, 0.15) is 21.6 Å². The topological polar surface area (TPSA) is 79.3 Å². The number of nitrogens with zero attached hydrogens (tertiary/aromatic N) is 1. The maximum atomic E-state index is 11.4. The minimum Gasteiger partial charge on any atom is -0.387 e. The molecule has 0 radical (unpaired) electrons. The van der Waals surface area contributed by atoms with Crippen LogP contribution in [0.15, 0.2) is 35.4 Å². The average molecular weight is 326 g/mol. The van der Waals surface area contributed by atoms with Crippen molar-refractivity contribution >= 4 is 21.2 Å². The standard InChI is InChI=1S/C14H18N2O3S2/c1-10-16-8-12(20-10)7-15-9-14(17)11-3-5-13(6-4-11)21(2,18)19/h3-6,8,14-15,17H,7,9H2,1-2H3. The Morgan fingerprint density at radius 2 is 2.00 bits per heavy atom. The molecule has 0 amide bonds. The molecule has 0 aliphatic carbocycles. The van der Waals surface area contributed by atoms with E-state index in [-0.39, 0.29) is 4.90 Å². The van der Waals surface area contributed by atoms with Gasteiger partial charge in [-0.25, -0.2) is 13.4 Å². The second kappa shape index (κ2) is 6.65. The van der Waals surface area contributed by atoms with Gasteiger partial charge in [-0.3, -0.25) is 0 Å². The van der Waals surface area contributed by atoms with Crippen LogP contribution in [0, 0.1) is 6.92 Å². The van der Waals surface area contributed by atoms with E-state index in [2.05, 4.69) is 10.3 Å². The summed E-state index contributed by atoms with van der Waals surface area (Å²) in [6, 6.07) is 6.31. The van der Waals surface area contributed by atoms with Crippen molar-refractivity contribution in [3.8, 4) is 0 Å². The maximum absolute atomic E-state index is 11.4. The van der Waals surface area contributed by atoms with Gasteiger partial charge in [0.05, 0.1) is 16.0 Å². The molecule has 1 unspecified atom stereocenters. The Balaban J connectivity index is 1.89. The molecule has 114 valence electrons. The van der Waals surface area contributed by atoms with Crippen LogP contribution in [0.4, 0.5) is 0 Å². The number of hydrogen-bond acceptors (Lipinski definition) is 6. The first kappa shape index (κ1) is 16.1. The molecule has 2 aromatic rings. The highest BCUT2D eigenvalue weighted by Crippen LogP contribution is 2.16. The van der Waals surface area contributed by atoms with Gasteiger partial charge in [-0.2, -0.15) is 0 Å². The Labute approximate surface area is 128 Å². The van der Waals surface area contributed by atoms with E-state index in [1.54, 1.807) is 23.5 Å². The number of aryl methyl sites for hydroxylation is 1. The second-order valence-corrected chi connectivity index (χ2v) is 8.17. The van der Waals surface area contributed by atoms with Crippen LogP contribution in [0.5, 0.6) is 0 Å². The lowest BCUT2D eigenvalue weighted by molar-refractivity contribution is 0.174. The summed E-state index contributed by atoms with van der Waals surface area (Å²) >= 11 is 1.62. The Morgan fingerprint density at radius 3 is 2.52 bits per heavy atom. The van der Waals surface area contributed by atoms with Crippen LogP contribution in [0.2, 0.25) is 0 Å². The molecule has 0 spiro atoms. The second-order valence-electron chi connectivity index (χ2n) is 4.83. The van der Waals surface area contributed by atoms with Crippen molar-refractivity contribution in [1.29, 1.82) is 0 Å². The molecule has 1 aromatic heterocycles. The fraction of sp³-hybridized carbons (Fsp3) is 0.357. The Hall–Kier alpha value is -1.28. The van der Waals surface area contributed by atoms with Gasteiger partial charge in [-0.15, -0.1) is 11.3 Å². The molecule has 0 fully saturated rings. The van der Waals surface area contributed by atoms with E-state index in [1.807, 2.05) is 13.1 Å². The average Bonchev–Trinajstić information content (AvgIpc) is 2.83. The van der Waals surface area contributed by atoms with Crippen LogP contribution in [0.25, 0.3) is 0 Å². The summed E-state index contributed by atoms with van der Waals surface area (Å²) in [6.07, 6.45) is 2.31. The predicted octanol–water partition coefficient (Wildman–Crippen LogP) is 1.68. The minimum absolute atomic E-state index is 0.256. The minimum atomic E-state index is -3.20. The molecular weight excluding hydrogens is 308 g/mol. The van der Waals surface area contributed by atoms with E-state index < -0.39 is 15.9 Å². The van der Waals surface area contributed by atoms with Gasteiger partial charge >= 0.3 is 0 Å². The molecule has 5 nitrogen and oxygen atoms in total. The molecule has 21 heavy (non-hydrogen) atoms. The SMILES string of the molecule is Cc1ncc(CNCC(O)c2ccc(S(C)(=O)=O)cc2)s1. The lowest BCUT2D eigenvalue weighted by atomic mass is 10.1. The van der Waals surface area contributed by atoms with Gasteiger partial charge < -0.3 is 10.4 Å². The Bertz CT molecular complexity index is 693. The van der Waals surface area contributed by atoms with E-state index in [0.717, 1.165) is 16.1 Å². The zero-order chi connectivity index (χ0) is 15.5. The quantitative estimate of drug-likeness (QED) is 0.844. The van der Waals surface area contributed by atoms with Crippen LogP contribution < -0.4 is 5.32 Å². The molecule has 2 rings (SSSR count). The molecule has 0 saturated heterocycles. The molecule has 0 aliphatic heterocycles. The van der Waals surface area contributed by atoms with E-state index in [9.17, 15) is 13.5 Å². The highest BCUT2D eigenvalue weighted by atomic mass is 32.2. The largest absolute Gasteiger partial charge is 0.387 e. The first-order valence-electron chi connectivity index (χ1n) is 6.46. The number of aliphatic hydroxyl groups excluding tert-OH is 1. The van der Waals surface area contributed by atoms with Crippen LogP contribution in [-0.2, 0) is 16.4 Å². The van der Waals surface area contributed by atoms with Crippen molar-refractivity contribution in [2.75, 3.05) is 12.8 Å². The van der Waals surface area contributed by atoms with Gasteiger partial charge in [-0.1, -0.05) is 12.1 Å². The van der Waals surface area contributed by atoms with Crippen molar-refractivity contribution in [2.24, 2.45) is 0 Å². The predicted molar refractivity (Wildman–Crippen MR) is 83.1 cm³/mol. The molecule has 1 atom stereocenters. The van der Waals surface area contributed by atoms with Crippen molar-refractivity contribution < 1.29 is 13.5 Å². The number of aromatic nitrogens is 1. The molecule has 1 aromatic carbocycles. The summed E-state index contributed by atoms with van der Waals surface area (Å²) in [6.45, 7) is 3.01. The first-order chi connectivity index (χ1) is 9.86. The molecule has 1 heterocycles. The van der Waals surface area contributed by atoms with Crippen LogP contribution >= 0.6 is 11.3 Å². The summed E-state index contributed by atoms with van der Waals surface area (Å²) in [5.41, 5.74) is 0.690. The molecule has 0 aliphatic rings. The highest BCUT2D eigenvalue weighted by molar-refractivity contribution is 7.90. The Kier molecular flexibility index (Phi) is 5.10. The maximum Gasteiger partial charge on any atom is 0.175 e. The number of nitrogens with one attached hydrogen (secondary N) is 1. The number of rotatable bonds is 6. The molecular formula is C14H18N2O3S2. The van der Waals surface area contributed by atoms with Gasteiger partial charge in [-0.05, 0) is 24.6 Å². The van der Waals surface area contributed by atoms with Gasteiger partial charge in [0.25, 0.3) is 0 Å². The summed E-state index contributed by atoms with van der Waals surface area (Å²) in [4.78, 5) is 5.54. The summed E-state index contributed by atoms with van der Waals surface area (Å²) in [5, 5.41) is 14.3. The highest BCUT2D eigenvalue weighted by Gasteiger charge is 2.10. The fourth-order valence-corrected chi connectivity index (χ4v) is 3.27. The zero-order valence-electron chi connectivity index (χ0n) is 11.9. The monoisotopic (exact) mass is 326 g/mol. The van der Waals surface area contributed by atoms with Gasteiger partial charge in [0.2, 0.25) is 0 Å². The third-order valence-corrected chi connectivity index (χ3v) is 5.04. The molecule has 0 saturated carbocycles. The van der Waals surface area contributed by atoms with Crippen molar-refractivity contribution in [1.82, 2.24) is 10.3 Å². The van der Waals surface area contributed by atoms with Crippen LogP contribution in [-0.4, -0.2) is 31.3 Å². The van der Waals surface area contributed by atoms with Gasteiger partial charge in [0, 0.05) is 30.4 Å². The number of thiazole rings is 1. The Morgan fingerprint density at radius 1 is 1.33 bits per heavy atom. The van der Waals surface area contributed by atoms with E-state index in [4.69, 9.17) is 0 Å². The fourth-order valence-electron chi connectivity index (χ4n) is 1.87. The lowest BCUT2D eigenvalue weighted by Gasteiger charge is -2.12. The third kappa shape index (κ3) is 4.60. The van der Waals surface area contributed by atoms with E-state index in [1.165, 1.54) is 12.1 Å². The van der Waals surface area contributed by atoms with E-state index >= 15 is 0 Å². The number of benzene rings is 1. The smallest absolute Gasteiger partial charge is 0.175 e. The van der Waals surface area contributed by atoms with E-state index in [0.29, 0.717) is 18.7 Å². The summed E-state index contributed by atoms with van der Waals surface area (Å²) in [7, 11) is -3.20. The lowest BCUT2D eigenvalue weighted by Crippen LogP contribution is -2.20. The number of hydrogen-bond donors (Lipinski definition) is 2. The zero-order valence-corrected chi connectivity index (χ0v) is 13.5. The van der Waals surface area contributed by atoms with Gasteiger partial charge in [0.15, 0.2) is 9.84 Å². The van der Waals surface area contributed by atoms with Crippen molar-refractivity contribution in [3.05, 3.63) is 45.9 Å². The molecule has 0 bridgehead atoms. The van der Waals surface area contributed by atoms with Crippen molar-refractivity contribution in [3.63, 3.8) is 0 Å². The van der Waals surface area contributed by atoms with Crippen LogP contribution in [0.3, 0.4) is 0 Å². The normalized spacial score (nSPS) is 13.3. The molecule has 7 heteroatoms. The first-order valence-corrected chi connectivity index (χ1v) is 9.17. The number of aliphatic hydroxyl groups is 1. The number of sulfone groups is 1.